The number of hydrogen-bond acceptors (Lipinski definition) is 5. The van der Waals surface area contributed by atoms with Crippen LogP contribution in [0.3, 0.4) is 0 Å². The fraction of sp³-hybridized carbons (Fsp3) is 0.273. The number of benzene rings is 2. The maximum atomic E-state index is 12.2. The van der Waals surface area contributed by atoms with Crippen LogP contribution in [0.4, 0.5) is 5.69 Å². The van der Waals surface area contributed by atoms with E-state index < -0.39 is 6.10 Å². The van der Waals surface area contributed by atoms with Gasteiger partial charge in [-0.1, -0.05) is 31.2 Å². The zero-order chi connectivity index (χ0) is 19.7. The zero-order valence-electron chi connectivity index (χ0n) is 15.9. The number of aryl methyl sites for hydroxylation is 1. The van der Waals surface area contributed by atoms with Gasteiger partial charge in [0.25, 0.3) is 5.91 Å². The molecule has 1 amide bonds. The van der Waals surface area contributed by atoms with Crippen molar-refractivity contribution in [2.45, 2.75) is 26.0 Å². The molecule has 1 aromatic heterocycles. The summed E-state index contributed by atoms with van der Waals surface area (Å²) in [6.45, 7) is 2.93. The van der Waals surface area contributed by atoms with Crippen molar-refractivity contribution in [3.05, 3.63) is 70.1 Å². The molecule has 6 nitrogen and oxygen atoms in total. The fourth-order valence-electron chi connectivity index (χ4n) is 3.58. The minimum atomic E-state index is -0.613. The summed E-state index contributed by atoms with van der Waals surface area (Å²) in [5, 5.41) is 3.55. The predicted molar refractivity (Wildman–Crippen MR) is 108 cm³/mol. The highest BCUT2D eigenvalue weighted by Crippen LogP contribution is 2.34. The molecule has 0 spiro atoms. The van der Waals surface area contributed by atoms with Crippen LogP contribution < -0.4 is 20.6 Å². The smallest absolute Gasteiger partial charge is 0.336 e. The molecule has 1 aliphatic heterocycles. The first-order valence-electron chi connectivity index (χ1n) is 9.37. The quantitative estimate of drug-likeness (QED) is 0.707. The van der Waals surface area contributed by atoms with E-state index in [-0.39, 0.29) is 11.5 Å². The first-order chi connectivity index (χ1) is 13.6. The van der Waals surface area contributed by atoms with Crippen molar-refractivity contribution in [3.8, 4) is 5.75 Å². The number of ether oxygens (including phenoxy) is 1. The van der Waals surface area contributed by atoms with Crippen LogP contribution in [0.15, 0.2) is 57.7 Å². The van der Waals surface area contributed by atoms with Crippen molar-refractivity contribution < 1.29 is 13.9 Å². The van der Waals surface area contributed by atoms with Gasteiger partial charge >= 0.3 is 5.63 Å². The third-order valence-corrected chi connectivity index (χ3v) is 5.06. The lowest BCUT2D eigenvalue weighted by Crippen LogP contribution is -2.48. The lowest BCUT2D eigenvalue weighted by Gasteiger charge is -2.35. The molecule has 1 aliphatic rings. The number of rotatable bonds is 4. The molecule has 3 aromatic rings. The first-order valence-corrected chi connectivity index (χ1v) is 9.37. The Labute approximate surface area is 162 Å². The molecule has 1 atom stereocenters. The Bertz CT molecular complexity index is 1090. The van der Waals surface area contributed by atoms with Crippen molar-refractivity contribution in [1.29, 1.82) is 0 Å². The number of nitrogens with one attached hydrogen (secondary N) is 1. The molecule has 4 rings (SSSR count). The lowest BCUT2D eigenvalue weighted by molar-refractivity contribution is -0.127. The molecular formula is C22H22N2O4. The number of para-hydroxylation sites is 2. The second-order valence-electron chi connectivity index (χ2n) is 6.84. The Morgan fingerprint density at radius 1 is 1.21 bits per heavy atom. The van der Waals surface area contributed by atoms with Gasteiger partial charge in [-0.3, -0.25) is 4.79 Å². The van der Waals surface area contributed by atoms with E-state index in [1.54, 1.807) is 7.05 Å². The Balaban J connectivity index is 1.75. The normalized spacial score (nSPS) is 15.8. The molecule has 0 saturated carbocycles. The van der Waals surface area contributed by atoms with Gasteiger partial charge in [-0.15, -0.1) is 0 Å². The van der Waals surface area contributed by atoms with Crippen molar-refractivity contribution in [3.63, 3.8) is 0 Å². The second kappa shape index (κ2) is 7.38. The first kappa shape index (κ1) is 18.1. The second-order valence-corrected chi connectivity index (χ2v) is 6.84. The number of amides is 1. The van der Waals surface area contributed by atoms with Gasteiger partial charge in [-0.25, -0.2) is 4.79 Å². The fourth-order valence-corrected chi connectivity index (χ4v) is 3.58. The van der Waals surface area contributed by atoms with Crippen molar-refractivity contribution in [2.24, 2.45) is 0 Å². The molecule has 0 aliphatic carbocycles. The summed E-state index contributed by atoms with van der Waals surface area (Å²) in [6, 6.07) is 15.1. The molecule has 0 radical (unpaired) electrons. The van der Waals surface area contributed by atoms with Crippen LogP contribution in [-0.2, 0) is 17.8 Å². The summed E-state index contributed by atoms with van der Waals surface area (Å²) >= 11 is 0. The van der Waals surface area contributed by atoms with Crippen LogP contribution in [0, 0.1) is 0 Å². The van der Waals surface area contributed by atoms with Crippen molar-refractivity contribution >= 4 is 22.6 Å². The monoisotopic (exact) mass is 378 g/mol. The largest absolute Gasteiger partial charge is 0.477 e. The van der Waals surface area contributed by atoms with Gasteiger partial charge in [0.1, 0.15) is 11.3 Å². The van der Waals surface area contributed by atoms with Gasteiger partial charge in [0, 0.05) is 25.0 Å². The predicted octanol–water partition coefficient (Wildman–Crippen LogP) is 2.87. The number of nitrogens with zero attached hydrogens (tertiary/aromatic N) is 1. The van der Waals surface area contributed by atoms with Crippen molar-refractivity contribution in [2.75, 3.05) is 18.5 Å². The molecule has 2 heterocycles. The van der Waals surface area contributed by atoms with Crippen LogP contribution in [0.25, 0.3) is 11.0 Å². The van der Waals surface area contributed by atoms with Crippen LogP contribution in [0.5, 0.6) is 5.75 Å². The van der Waals surface area contributed by atoms with Crippen LogP contribution >= 0.6 is 0 Å². The van der Waals surface area contributed by atoms with E-state index in [0.717, 1.165) is 28.6 Å². The third-order valence-electron chi connectivity index (χ3n) is 5.06. The van der Waals surface area contributed by atoms with E-state index in [2.05, 4.69) is 17.1 Å². The Kier molecular flexibility index (Phi) is 4.77. The topological polar surface area (TPSA) is 71.8 Å². The van der Waals surface area contributed by atoms with Crippen LogP contribution in [0.1, 0.15) is 18.1 Å². The summed E-state index contributed by atoms with van der Waals surface area (Å²) in [7, 11) is 1.60. The number of carbonyl (C=O) groups is 1. The Morgan fingerprint density at radius 3 is 2.82 bits per heavy atom. The van der Waals surface area contributed by atoms with E-state index in [4.69, 9.17) is 9.15 Å². The molecule has 0 bridgehead atoms. The molecule has 6 heteroatoms. The van der Waals surface area contributed by atoms with Gasteiger partial charge in [0.15, 0.2) is 6.10 Å². The van der Waals surface area contributed by atoms with Gasteiger partial charge in [0.05, 0.1) is 12.2 Å². The lowest BCUT2D eigenvalue weighted by atomic mass is 10.0. The highest BCUT2D eigenvalue weighted by Gasteiger charge is 2.30. The van der Waals surface area contributed by atoms with E-state index in [1.165, 1.54) is 6.07 Å². The molecule has 144 valence electrons. The maximum absolute atomic E-state index is 12.2. The van der Waals surface area contributed by atoms with Crippen molar-refractivity contribution in [1.82, 2.24) is 5.32 Å². The van der Waals surface area contributed by atoms with E-state index in [0.29, 0.717) is 24.4 Å². The minimum Gasteiger partial charge on any atom is -0.477 e. The molecular weight excluding hydrogens is 356 g/mol. The minimum absolute atomic E-state index is 0.176. The number of fused-ring (bicyclic) bond motifs is 2. The van der Waals surface area contributed by atoms with Gasteiger partial charge in [0.2, 0.25) is 0 Å². The summed E-state index contributed by atoms with van der Waals surface area (Å²) in [4.78, 5) is 26.4. The standard InChI is InChI=1S/C22H22N2O4/c1-3-14-8-9-16-15(11-21(25)28-19(16)10-14)12-24-13-20(22(26)23-2)27-18-7-5-4-6-17(18)24/h4-11,20H,3,12-13H2,1-2H3,(H,23,26). The Hall–Kier alpha value is -3.28. The molecule has 0 saturated heterocycles. The molecule has 28 heavy (non-hydrogen) atoms. The molecule has 1 N–H and O–H groups in total. The Morgan fingerprint density at radius 2 is 2.04 bits per heavy atom. The van der Waals surface area contributed by atoms with Crippen LogP contribution in [-0.4, -0.2) is 25.6 Å². The van der Waals surface area contributed by atoms with Gasteiger partial charge in [-0.2, -0.15) is 0 Å². The summed E-state index contributed by atoms with van der Waals surface area (Å²) in [5.41, 5.74) is 3.09. The molecule has 2 aromatic carbocycles. The average Bonchev–Trinajstić information content (AvgIpc) is 2.72. The maximum Gasteiger partial charge on any atom is 0.336 e. The summed E-state index contributed by atoms with van der Waals surface area (Å²) in [5.74, 6) is 0.479. The zero-order valence-corrected chi connectivity index (χ0v) is 15.9. The van der Waals surface area contributed by atoms with Gasteiger partial charge in [-0.05, 0) is 35.7 Å². The van der Waals surface area contributed by atoms with Gasteiger partial charge < -0.3 is 19.4 Å². The highest BCUT2D eigenvalue weighted by atomic mass is 16.5. The third kappa shape index (κ3) is 3.33. The van der Waals surface area contributed by atoms with Crippen LogP contribution in [0.2, 0.25) is 0 Å². The highest BCUT2D eigenvalue weighted by molar-refractivity contribution is 5.84. The average molecular weight is 378 g/mol. The molecule has 0 fully saturated rings. The number of anilines is 1. The van der Waals surface area contributed by atoms with E-state index in [9.17, 15) is 9.59 Å². The number of carbonyl (C=O) groups excluding carboxylic acids is 1. The summed E-state index contributed by atoms with van der Waals surface area (Å²) < 4.78 is 11.3. The number of likely N-dealkylation sites (N-methyl/N-ethyl adjacent to an activating group) is 1. The molecule has 1 unspecified atom stereocenters. The number of hydrogen-bond donors (Lipinski definition) is 1. The van der Waals surface area contributed by atoms with E-state index >= 15 is 0 Å². The SMILES string of the molecule is CCc1ccc2c(CN3CC(C(=O)NC)Oc4ccccc43)cc(=O)oc2c1. The summed E-state index contributed by atoms with van der Waals surface area (Å²) in [6.07, 6.45) is 0.257. The van der Waals surface area contributed by atoms with E-state index in [1.807, 2.05) is 42.5 Å².